The number of carbonyl (C=O) groups is 1. The molecule has 0 unspecified atom stereocenters. The summed E-state index contributed by atoms with van der Waals surface area (Å²) in [5.41, 5.74) is 1.32. The third-order valence-corrected chi connectivity index (χ3v) is 2.65. The molecule has 16 heavy (non-hydrogen) atoms. The van der Waals surface area contributed by atoms with E-state index in [2.05, 4.69) is 11.8 Å². The maximum Gasteiger partial charge on any atom is 0.163 e. The standard InChI is InChI=1S/C13H19NO2/c1-4-5-8-14(3)11-6-7-12(10(2)15)13(16)9-11/h6-7,9,16H,4-5,8H2,1-3H3. The molecule has 0 saturated carbocycles. The highest BCUT2D eigenvalue weighted by molar-refractivity contribution is 5.97. The Bertz CT molecular complexity index is 374. The second-order valence-electron chi connectivity index (χ2n) is 4.03. The largest absolute Gasteiger partial charge is 0.507 e. The van der Waals surface area contributed by atoms with E-state index in [1.54, 1.807) is 12.1 Å². The zero-order valence-electron chi connectivity index (χ0n) is 10.2. The van der Waals surface area contributed by atoms with Crippen molar-refractivity contribution < 1.29 is 9.90 Å². The zero-order valence-corrected chi connectivity index (χ0v) is 10.2. The lowest BCUT2D eigenvalue weighted by atomic mass is 10.1. The normalized spacial score (nSPS) is 10.2. The van der Waals surface area contributed by atoms with Gasteiger partial charge in [0.05, 0.1) is 5.56 Å². The van der Waals surface area contributed by atoms with Gasteiger partial charge in [0.2, 0.25) is 0 Å². The minimum atomic E-state index is -0.111. The maximum atomic E-state index is 11.1. The van der Waals surface area contributed by atoms with Gasteiger partial charge in [0.25, 0.3) is 0 Å². The predicted octanol–water partition coefficient (Wildman–Crippen LogP) is 2.83. The van der Waals surface area contributed by atoms with Gasteiger partial charge in [-0.2, -0.15) is 0 Å². The van der Waals surface area contributed by atoms with E-state index >= 15 is 0 Å². The van der Waals surface area contributed by atoms with Crippen molar-refractivity contribution in [1.82, 2.24) is 0 Å². The Morgan fingerprint density at radius 1 is 1.44 bits per heavy atom. The lowest BCUT2D eigenvalue weighted by Gasteiger charge is -2.19. The van der Waals surface area contributed by atoms with E-state index in [0.717, 1.165) is 25.1 Å². The van der Waals surface area contributed by atoms with Gasteiger partial charge in [-0.25, -0.2) is 0 Å². The van der Waals surface area contributed by atoms with Gasteiger partial charge in [-0.15, -0.1) is 0 Å². The summed E-state index contributed by atoms with van der Waals surface area (Å²) in [5.74, 6) is -0.0476. The molecule has 0 radical (unpaired) electrons. The molecule has 0 aliphatic carbocycles. The molecule has 0 aromatic heterocycles. The molecule has 0 amide bonds. The van der Waals surface area contributed by atoms with Gasteiger partial charge in [-0.3, -0.25) is 4.79 Å². The number of carbonyl (C=O) groups excluding carboxylic acids is 1. The highest BCUT2D eigenvalue weighted by atomic mass is 16.3. The summed E-state index contributed by atoms with van der Waals surface area (Å²) in [5, 5.41) is 9.69. The third-order valence-electron chi connectivity index (χ3n) is 2.65. The average molecular weight is 221 g/mol. The number of hydrogen-bond donors (Lipinski definition) is 1. The molecule has 1 aromatic carbocycles. The molecule has 3 heteroatoms. The van der Waals surface area contributed by atoms with Crippen LogP contribution in [0.5, 0.6) is 5.75 Å². The number of aromatic hydroxyl groups is 1. The van der Waals surface area contributed by atoms with Crippen LogP contribution in [0.3, 0.4) is 0 Å². The first-order valence-electron chi connectivity index (χ1n) is 5.61. The minimum absolute atomic E-state index is 0.0633. The van der Waals surface area contributed by atoms with Crippen LogP contribution < -0.4 is 4.90 Å². The quantitative estimate of drug-likeness (QED) is 0.777. The van der Waals surface area contributed by atoms with Crippen LogP contribution in [0.15, 0.2) is 18.2 Å². The summed E-state index contributed by atoms with van der Waals surface area (Å²) in [7, 11) is 1.98. The monoisotopic (exact) mass is 221 g/mol. The second kappa shape index (κ2) is 5.54. The highest BCUT2D eigenvalue weighted by Gasteiger charge is 2.08. The van der Waals surface area contributed by atoms with Gasteiger partial charge in [0.15, 0.2) is 5.78 Å². The van der Waals surface area contributed by atoms with Crippen LogP contribution >= 0.6 is 0 Å². The number of unbranched alkanes of at least 4 members (excludes halogenated alkanes) is 1. The molecule has 0 aliphatic rings. The summed E-state index contributed by atoms with van der Waals surface area (Å²) >= 11 is 0. The molecule has 0 saturated heterocycles. The molecule has 88 valence electrons. The summed E-state index contributed by atoms with van der Waals surface area (Å²) in [6, 6.07) is 5.19. The molecule has 0 aliphatic heterocycles. The van der Waals surface area contributed by atoms with Gasteiger partial charge in [0, 0.05) is 25.3 Å². The minimum Gasteiger partial charge on any atom is -0.507 e. The smallest absolute Gasteiger partial charge is 0.163 e. The Labute approximate surface area is 96.7 Å². The molecular formula is C13H19NO2. The van der Waals surface area contributed by atoms with Crippen LogP contribution in [0.1, 0.15) is 37.0 Å². The molecule has 0 fully saturated rings. The van der Waals surface area contributed by atoms with Crippen molar-refractivity contribution in [2.24, 2.45) is 0 Å². The van der Waals surface area contributed by atoms with Gasteiger partial charge in [-0.05, 0) is 25.5 Å². The molecule has 0 heterocycles. The number of anilines is 1. The number of nitrogens with zero attached hydrogens (tertiary/aromatic N) is 1. The van der Waals surface area contributed by atoms with Crippen LogP contribution in [0, 0.1) is 0 Å². The van der Waals surface area contributed by atoms with Gasteiger partial charge >= 0.3 is 0 Å². The van der Waals surface area contributed by atoms with Crippen molar-refractivity contribution in [2.75, 3.05) is 18.5 Å². The Balaban J connectivity index is 2.84. The SMILES string of the molecule is CCCCN(C)c1ccc(C(C)=O)c(O)c1. The van der Waals surface area contributed by atoms with Gasteiger partial charge < -0.3 is 10.0 Å². The summed E-state index contributed by atoms with van der Waals surface area (Å²) in [6.45, 7) is 4.55. The molecule has 1 aromatic rings. The number of Topliss-reactive ketones (excluding diaryl/α,β-unsaturated/α-hetero) is 1. The fourth-order valence-corrected chi connectivity index (χ4v) is 1.58. The van der Waals surface area contributed by atoms with Crippen LogP contribution in [-0.4, -0.2) is 24.5 Å². The van der Waals surface area contributed by atoms with E-state index in [-0.39, 0.29) is 11.5 Å². The molecular weight excluding hydrogens is 202 g/mol. The third kappa shape index (κ3) is 2.99. The first-order valence-corrected chi connectivity index (χ1v) is 5.61. The van der Waals surface area contributed by atoms with E-state index in [1.807, 2.05) is 13.1 Å². The average Bonchev–Trinajstić information content (AvgIpc) is 2.25. The van der Waals surface area contributed by atoms with Crippen molar-refractivity contribution >= 4 is 11.5 Å². The number of phenolic OH excluding ortho intramolecular Hbond substituents is 1. The number of benzene rings is 1. The van der Waals surface area contributed by atoms with Crippen LogP contribution in [0.25, 0.3) is 0 Å². The number of phenols is 1. The number of hydrogen-bond acceptors (Lipinski definition) is 3. The first kappa shape index (κ1) is 12.6. The predicted molar refractivity (Wildman–Crippen MR) is 66.3 cm³/mol. The van der Waals surface area contributed by atoms with E-state index in [1.165, 1.54) is 6.92 Å². The molecule has 1 rings (SSSR count). The number of ketones is 1. The van der Waals surface area contributed by atoms with Crippen molar-refractivity contribution in [3.63, 3.8) is 0 Å². The van der Waals surface area contributed by atoms with Crippen LogP contribution in [0.4, 0.5) is 5.69 Å². The van der Waals surface area contributed by atoms with E-state index in [4.69, 9.17) is 0 Å². The highest BCUT2D eigenvalue weighted by Crippen LogP contribution is 2.24. The fraction of sp³-hybridized carbons (Fsp3) is 0.462. The van der Waals surface area contributed by atoms with Crippen molar-refractivity contribution in [3.8, 4) is 5.75 Å². The summed E-state index contributed by atoms with van der Waals surface area (Å²) < 4.78 is 0. The van der Waals surface area contributed by atoms with E-state index in [0.29, 0.717) is 5.56 Å². The van der Waals surface area contributed by atoms with Gasteiger partial charge in [0.1, 0.15) is 5.75 Å². The number of rotatable bonds is 5. The fourth-order valence-electron chi connectivity index (χ4n) is 1.58. The summed E-state index contributed by atoms with van der Waals surface area (Å²) in [4.78, 5) is 13.2. The molecule has 3 nitrogen and oxygen atoms in total. The van der Waals surface area contributed by atoms with Crippen molar-refractivity contribution in [2.45, 2.75) is 26.7 Å². The van der Waals surface area contributed by atoms with Crippen LogP contribution in [0.2, 0.25) is 0 Å². The molecule has 0 atom stereocenters. The Morgan fingerprint density at radius 3 is 2.62 bits per heavy atom. The first-order chi connectivity index (χ1) is 7.56. The van der Waals surface area contributed by atoms with E-state index < -0.39 is 0 Å². The summed E-state index contributed by atoms with van der Waals surface area (Å²) in [6.07, 6.45) is 2.26. The Hall–Kier alpha value is -1.51. The van der Waals surface area contributed by atoms with Crippen molar-refractivity contribution in [1.29, 1.82) is 0 Å². The van der Waals surface area contributed by atoms with Crippen LogP contribution in [-0.2, 0) is 0 Å². The maximum absolute atomic E-state index is 11.1. The zero-order chi connectivity index (χ0) is 12.1. The molecule has 1 N–H and O–H groups in total. The van der Waals surface area contributed by atoms with E-state index in [9.17, 15) is 9.90 Å². The molecule has 0 spiro atoms. The Kier molecular flexibility index (Phi) is 4.35. The molecule has 0 bridgehead atoms. The van der Waals surface area contributed by atoms with Gasteiger partial charge in [-0.1, -0.05) is 13.3 Å². The Morgan fingerprint density at radius 2 is 2.12 bits per heavy atom. The second-order valence-corrected chi connectivity index (χ2v) is 4.03. The topological polar surface area (TPSA) is 40.5 Å². The lowest BCUT2D eigenvalue weighted by molar-refractivity contribution is 0.101. The lowest BCUT2D eigenvalue weighted by Crippen LogP contribution is -2.18. The van der Waals surface area contributed by atoms with Crippen molar-refractivity contribution in [3.05, 3.63) is 23.8 Å².